The highest BCUT2D eigenvalue weighted by molar-refractivity contribution is 5.78. The summed E-state index contributed by atoms with van der Waals surface area (Å²) >= 11 is 0. The number of carbonyl (C=O) groups excluding carboxylic acids is 1. The van der Waals surface area contributed by atoms with Crippen LogP contribution in [0.2, 0.25) is 0 Å². The summed E-state index contributed by atoms with van der Waals surface area (Å²) in [7, 11) is 0. The highest BCUT2D eigenvalue weighted by Crippen LogP contribution is 2.17. The zero-order chi connectivity index (χ0) is 13.8. The number of benzene rings is 1. The first-order valence-corrected chi connectivity index (χ1v) is 7.92. The van der Waals surface area contributed by atoms with Crippen molar-refractivity contribution in [3.8, 4) is 0 Å². The quantitative estimate of drug-likeness (QED) is 0.896. The van der Waals surface area contributed by atoms with Gasteiger partial charge in [-0.1, -0.05) is 31.0 Å². The zero-order valence-corrected chi connectivity index (χ0v) is 12.2. The molecule has 3 nitrogen and oxygen atoms in total. The molecule has 0 bridgehead atoms. The molecule has 2 heterocycles. The number of fused-ring (bicyclic) bond motifs is 1. The average Bonchev–Trinajstić information content (AvgIpc) is 2.76. The van der Waals surface area contributed by atoms with Gasteiger partial charge in [-0.25, -0.2) is 0 Å². The first kappa shape index (κ1) is 13.6. The van der Waals surface area contributed by atoms with Crippen molar-refractivity contribution in [2.75, 3.05) is 19.6 Å². The number of nitrogens with one attached hydrogen (secondary N) is 1. The van der Waals surface area contributed by atoms with Crippen molar-refractivity contribution < 1.29 is 4.79 Å². The van der Waals surface area contributed by atoms with Gasteiger partial charge in [0.25, 0.3) is 0 Å². The van der Waals surface area contributed by atoms with Gasteiger partial charge in [0.2, 0.25) is 5.91 Å². The highest BCUT2D eigenvalue weighted by atomic mass is 16.2. The minimum Gasteiger partial charge on any atom is -0.342 e. The smallest absolute Gasteiger partial charge is 0.226 e. The van der Waals surface area contributed by atoms with E-state index in [1.165, 1.54) is 42.4 Å². The Morgan fingerprint density at radius 1 is 1.10 bits per heavy atom. The molecule has 1 amide bonds. The van der Waals surface area contributed by atoms with Gasteiger partial charge in [-0.05, 0) is 42.5 Å². The Kier molecular flexibility index (Phi) is 4.36. The molecule has 2 aliphatic heterocycles. The molecule has 0 aliphatic carbocycles. The molecule has 0 aromatic heterocycles. The molecule has 2 aliphatic rings. The third-order valence-corrected chi connectivity index (χ3v) is 4.47. The van der Waals surface area contributed by atoms with E-state index in [4.69, 9.17) is 0 Å². The van der Waals surface area contributed by atoms with Gasteiger partial charge < -0.3 is 10.2 Å². The van der Waals surface area contributed by atoms with E-state index < -0.39 is 0 Å². The van der Waals surface area contributed by atoms with Crippen LogP contribution in [0.15, 0.2) is 18.2 Å². The Morgan fingerprint density at radius 2 is 1.90 bits per heavy atom. The van der Waals surface area contributed by atoms with Crippen LogP contribution in [0.25, 0.3) is 0 Å². The second-order valence-corrected chi connectivity index (χ2v) is 6.00. The van der Waals surface area contributed by atoms with E-state index in [-0.39, 0.29) is 0 Å². The van der Waals surface area contributed by atoms with Gasteiger partial charge in [-0.3, -0.25) is 4.79 Å². The summed E-state index contributed by atoms with van der Waals surface area (Å²) in [6.45, 7) is 3.91. The molecule has 0 unspecified atom stereocenters. The maximum atomic E-state index is 12.4. The van der Waals surface area contributed by atoms with Crippen molar-refractivity contribution >= 4 is 5.91 Å². The van der Waals surface area contributed by atoms with Crippen LogP contribution >= 0.6 is 0 Å². The minimum atomic E-state index is 0.301. The highest BCUT2D eigenvalue weighted by Gasteiger charge is 2.16. The molecule has 0 atom stereocenters. The molecule has 1 saturated heterocycles. The lowest BCUT2D eigenvalue weighted by Gasteiger charge is -2.21. The van der Waals surface area contributed by atoms with Crippen molar-refractivity contribution in [1.82, 2.24) is 10.2 Å². The van der Waals surface area contributed by atoms with E-state index in [1.807, 2.05) is 0 Å². The zero-order valence-electron chi connectivity index (χ0n) is 12.2. The van der Waals surface area contributed by atoms with Crippen LogP contribution in [0, 0.1) is 0 Å². The molecule has 0 saturated carbocycles. The predicted molar refractivity (Wildman–Crippen MR) is 80.6 cm³/mol. The first-order chi connectivity index (χ1) is 9.83. The maximum Gasteiger partial charge on any atom is 0.226 e. The van der Waals surface area contributed by atoms with E-state index in [0.29, 0.717) is 12.3 Å². The standard InChI is InChI=1S/C17H24N2O/c20-17(19-9-3-1-2-4-10-19)12-14-5-6-15-7-8-18-13-16(15)11-14/h5-6,11,18H,1-4,7-10,12-13H2. The summed E-state index contributed by atoms with van der Waals surface area (Å²) in [5.41, 5.74) is 3.98. The lowest BCUT2D eigenvalue weighted by atomic mass is 9.97. The minimum absolute atomic E-state index is 0.301. The molecule has 1 N–H and O–H groups in total. The predicted octanol–water partition coefficient (Wildman–Crippen LogP) is 2.28. The molecule has 1 aromatic rings. The second kappa shape index (κ2) is 6.40. The summed E-state index contributed by atoms with van der Waals surface area (Å²) in [4.78, 5) is 14.5. The molecule has 20 heavy (non-hydrogen) atoms. The van der Waals surface area contributed by atoms with E-state index in [2.05, 4.69) is 28.4 Å². The van der Waals surface area contributed by atoms with Crippen LogP contribution in [0.4, 0.5) is 0 Å². The SMILES string of the molecule is O=C(Cc1ccc2c(c1)CNCC2)N1CCCCCC1. The average molecular weight is 272 g/mol. The second-order valence-electron chi connectivity index (χ2n) is 6.00. The molecular formula is C17H24N2O. The summed E-state index contributed by atoms with van der Waals surface area (Å²) in [6.07, 6.45) is 6.55. The lowest BCUT2D eigenvalue weighted by molar-refractivity contribution is -0.130. The van der Waals surface area contributed by atoms with Gasteiger partial charge in [0, 0.05) is 19.6 Å². The fourth-order valence-corrected chi connectivity index (χ4v) is 3.25. The van der Waals surface area contributed by atoms with E-state index >= 15 is 0 Å². The van der Waals surface area contributed by atoms with E-state index in [1.54, 1.807) is 0 Å². The fraction of sp³-hybridized carbons (Fsp3) is 0.588. The van der Waals surface area contributed by atoms with Crippen LogP contribution in [0.3, 0.4) is 0 Å². The monoisotopic (exact) mass is 272 g/mol. The number of hydrogen-bond donors (Lipinski definition) is 1. The summed E-state index contributed by atoms with van der Waals surface area (Å²) in [5, 5.41) is 3.40. The van der Waals surface area contributed by atoms with Gasteiger partial charge in [-0.15, -0.1) is 0 Å². The van der Waals surface area contributed by atoms with Crippen molar-refractivity contribution in [1.29, 1.82) is 0 Å². The number of carbonyl (C=O) groups is 1. The molecular weight excluding hydrogens is 248 g/mol. The molecule has 1 aromatic carbocycles. The van der Waals surface area contributed by atoms with Gasteiger partial charge in [0.15, 0.2) is 0 Å². The Bertz CT molecular complexity index is 476. The van der Waals surface area contributed by atoms with Gasteiger partial charge >= 0.3 is 0 Å². The Morgan fingerprint density at radius 3 is 2.70 bits per heavy atom. The molecule has 3 heteroatoms. The Balaban J connectivity index is 1.66. The van der Waals surface area contributed by atoms with Gasteiger partial charge in [0.1, 0.15) is 0 Å². The Labute approximate surface area is 121 Å². The van der Waals surface area contributed by atoms with Gasteiger partial charge in [0.05, 0.1) is 6.42 Å². The Hall–Kier alpha value is -1.35. The topological polar surface area (TPSA) is 32.3 Å². The van der Waals surface area contributed by atoms with Crippen LogP contribution in [0.5, 0.6) is 0 Å². The van der Waals surface area contributed by atoms with Crippen molar-refractivity contribution in [2.24, 2.45) is 0 Å². The van der Waals surface area contributed by atoms with Crippen molar-refractivity contribution in [2.45, 2.75) is 45.1 Å². The van der Waals surface area contributed by atoms with Crippen LogP contribution in [0.1, 0.15) is 42.4 Å². The molecule has 1 fully saturated rings. The molecule has 3 rings (SSSR count). The number of rotatable bonds is 2. The largest absolute Gasteiger partial charge is 0.342 e. The number of hydrogen-bond acceptors (Lipinski definition) is 2. The van der Waals surface area contributed by atoms with E-state index in [9.17, 15) is 4.79 Å². The van der Waals surface area contributed by atoms with Gasteiger partial charge in [-0.2, -0.15) is 0 Å². The van der Waals surface area contributed by atoms with E-state index in [0.717, 1.165) is 32.6 Å². The fourth-order valence-electron chi connectivity index (χ4n) is 3.25. The van der Waals surface area contributed by atoms with Crippen molar-refractivity contribution in [3.63, 3.8) is 0 Å². The summed E-state index contributed by atoms with van der Waals surface area (Å²) < 4.78 is 0. The summed E-state index contributed by atoms with van der Waals surface area (Å²) in [5.74, 6) is 0.301. The third-order valence-electron chi connectivity index (χ3n) is 4.47. The van der Waals surface area contributed by atoms with Crippen molar-refractivity contribution in [3.05, 3.63) is 34.9 Å². The molecule has 0 radical (unpaired) electrons. The number of likely N-dealkylation sites (tertiary alicyclic amines) is 1. The van der Waals surface area contributed by atoms with Crippen LogP contribution in [-0.2, 0) is 24.2 Å². The number of amides is 1. The summed E-state index contributed by atoms with van der Waals surface area (Å²) in [6, 6.07) is 6.57. The number of nitrogens with zero attached hydrogens (tertiary/aromatic N) is 1. The van der Waals surface area contributed by atoms with Crippen LogP contribution < -0.4 is 5.32 Å². The normalized spacial score (nSPS) is 19.3. The molecule has 108 valence electrons. The molecule has 0 spiro atoms. The third kappa shape index (κ3) is 3.21. The van der Waals surface area contributed by atoms with Crippen LogP contribution in [-0.4, -0.2) is 30.4 Å². The lowest BCUT2D eigenvalue weighted by Crippen LogP contribution is -2.33. The first-order valence-electron chi connectivity index (χ1n) is 7.92. The maximum absolute atomic E-state index is 12.4.